The summed E-state index contributed by atoms with van der Waals surface area (Å²) >= 11 is 1.47. The molecule has 2 heterocycles. The van der Waals surface area contributed by atoms with Crippen molar-refractivity contribution in [1.82, 2.24) is 15.0 Å². The van der Waals surface area contributed by atoms with Gasteiger partial charge in [0.15, 0.2) is 0 Å². The highest BCUT2D eigenvalue weighted by atomic mass is 79.9. The minimum absolute atomic E-state index is 0. The summed E-state index contributed by atoms with van der Waals surface area (Å²) in [7, 11) is 0. The van der Waals surface area contributed by atoms with Gasteiger partial charge in [0.25, 0.3) is 5.91 Å². The molecule has 1 aromatic carbocycles. The maximum Gasteiger partial charge on any atom is 0.271 e. The van der Waals surface area contributed by atoms with Gasteiger partial charge in [-0.1, -0.05) is 35.9 Å². The summed E-state index contributed by atoms with van der Waals surface area (Å²) in [5.41, 5.74) is 6.48. The largest absolute Gasteiger partial charge is 0.311 e. The molecule has 3 rings (SSSR count). The molecule has 0 saturated heterocycles. The Balaban J connectivity index is 0.00000243. The van der Waals surface area contributed by atoms with Crippen LogP contribution in [0.5, 0.6) is 0 Å². The molecule has 5 nitrogen and oxygen atoms in total. The lowest BCUT2D eigenvalue weighted by atomic mass is 10.1. The van der Waals surface area contributed by atoms with Crippen LogP contribution in [-0.2, 0) is 6.54 Å². The average molecular weight is 431 g/mol. The third-order valence-corrected chi connectivity index (χ3v) is 4.52. The van der Waals surface area contributed by atoms with Crippen molar-refractivity contribution >= 4 is 34.2 Å². The Morgan fingerprint density at radius 1 is 1.27 bits per heavy atom. The van der Waals surface area contributed by atoms with Crippen molar-refractivity contribution in [2.75, 3.05) is 0 Å². The maximum absolute atomic E-state index is 12.1. The van der Waals surface area contributed by atoms with Gasteiger partial charge in [0.05, 0.1) is 5.69 Å². The van der Waals surface area contributed by atoms with E-state index in [0.717, 1.165) is 11.3 Å². The van der Waals surface area contributed by atoms with E-state index in [9.17, 15) is 4.79 Å². The van der Waals surface area contributed by atoms with Crippen molar-refractivity contribution in [3.63, 3.8) is 0 Å². The number of nitrogens with zero attached hydrogens (tertiary/aromatic N) is 3. The summed E-state index contributed by atoms with van der Waals surface area (Å²) in [4.78, 5) is 16.8. The Labute approximate surface area is 166 Å². The summed E-state index contributed by atoms with van der Waals surface area (Å²) in [6.45, 7) is 6.48. The molecule has 134 valence electrons. The number of halogens is 1. The first kappa shape index (κ1) is 19.8. The number of hydrogen-bond acceptors (Lipinski definition) is 4. The second-order valence-corrected chi connectivity index (χ2v) is 6.29. The highest BCUT2D eigenvalue weighted by Crippen LogP contribution is 2.20. The van der Waals surface area contributed by atoms with E-state index in [1.54, 1.807) is 24.5 Å². The molecule has 0 spiro atoms. The molecule has 3 aromatic rings. The third kappa shape index (κ3) is 4.56. The molecular formula is C19H19BrN4OS. The van der Waals surface area contributed by atoms with Crippen molar-refractivity contribution in [2.24, 2.45) is 5.10 Å². The fourth-order valence-corrected chi connectivity index (χ4v) is 3.22. The molecule has 0 radical (unpaired) electrons. The quantitative estimate of drug-likeness (QED) is 0.492. The van der Waals surface area contributed by atoms with Crippen LogP contribution in [0, 0.1) is 6.92 Å². The molecule has 0 aliphatic carbocycles. The Morgan fingerprint density at radius 3 is 2.62 bits per heavy atom. The summed E-state index contributed by atoms with van der Waals surface area (Å²) in [6, 6.07) is 11.6. The molecule has 2 aromatic heterocycles. The normalized spacial score (nSPS) is 10.9. The van der Waals surface area contributed by atoms with Gasteiger partial charge < -0.3 is 4.57 Å². The zero-order valence-corrected chi connectivity index (χ0v) is 16.8. The van der Waals surface area contributed by atoms with Crippen LogP contribution in [0.15, 0.2) is 71.9 Å². The molecule has 0 bridgehead atoms. The van der Waals surface area contributed by atoms with Crippen molar-refractivity contribution in [1.29, 1.82) is 0 Å². The summed E-state index contributed by atoms with van der Waals surface area (Å²) in [6.07, 6.45) is 4.97. The molecule has 7 heteroatoms. The minimum atomic E-state index is -0.266. The molecule has 26 heavy (non-hydrogen) atoms. The molecule has 0 unspecified atom stereocenters. The molecule has 0 aliphatic rings. The van der Waals surface area contributed by atoms with Gasteiger partial charge in [0.1, 0.15) is 0 Å². The lowest BCUT2D eigenvalue weighted by Crippen LogP contribution is -2.24. The Bertz CT molecular complexity index is 946. The number of aromatic nitrogens is 2. The van der Waals surface area contributed by atoms with Gasteiger partial charge in [0.2, 0.25) is 4.80 Å². The fraction of sp³-hybridized carbons (Fsp3) is 0.105. The first-order chi connectivity index (χ1) is 12.2. The lowest BCUT2D eigenvalue weighted by Gasteiger charge is -2.07. The summed E-state index contributed by atoms with van der Waals surface area (Å²) in [5, 5.41) is 6.31. The highest BCUT2D eigenvalue weighted by molar-refractivity contribution is 8.93. The van der Waals surface area contributed by atoms with E-state index in [-0.39, 0.29) is 22.9 Å². The Kier molecular flexibility index (Phi) is 7.06. The smallest absolute Gasteiger partial charge is 0.271 e. The van der Waals surface area contributed by atoms with Gasteiger partial charge in [-0.05, 0) is 24.6 Å². The van der Waals surface area contributed by atoms with Crippen molar-refractivity contribution in [3.05, 3.63) is 82.8 Å². The summed E-state index contributed by atoms with van der Waals surface area (Å²) in [5.74, 6) is -0.266. The number of nitrogens with one attached hydrogen (secondary N) is 1. The van der Waals surface area contributed by atoms with Gasteiger partial charge in [-0.3, -0.25) is 9.78 Å². The van der Waals surface area contributed by atoms with E-state index >= 15 is 0 Å². The van der Waals surface area contributed by atoms with Crippen LogP contribution in [0.4, 0.5) is 0 Å². The predicted octanol–water partition coefficient (Wildman–Crippen LogP) is 3.93. The van der Waals surface area contributed by atoms with Crippen molar-refractivity contribution < 1.29 is 4.79 Å². The monoisotopic (exact) mass is 430 g/mol. The zero-order chi connectivity index (χ0) is 17.6. The lowest BCUT2D eigenvalue weighted by molar-refractivity contribution is 0.0953. The number of pyridine rings is 1. The van der Waals surface area contributed by atoms with E-state index in [1.807, 2.05) is 16.0 Å². The van der Waals surface area contributed by atoms with E-state index < -0.39 is 0 Å². The van der Waals surface area contributed by atoms with Crippen LogP contribution in [0.3, 0.4) is 0 Å². The van der Waals surface area contributed by atoms with Crippen LogP contribution >= 0.6 is 28.3 Å². The van der Waals surface area contributed by atoms with Crippen molar-refractivity contribution in [2.45, 2.75) is 13.5 Å². The first-order valence-electron chi connectivity index (χ1n) is 7.79. The molecule has 1 N–H and O–H groups in total. The number of thiazole rings is 1. The maximum atomic E-state index is 12.1. The van der Waals surface area contributed by atoms with Gasteiger partial charge in [-0.25, -0.2) is 5.43 Å². The van der Waals surface area contributed by atoms with Crippen LogP contribution < -0.4 is 10.2 Å². The molecular weight excluding hydrogens is 412 g/mol. The number of benzene rings is 1. The van der Waals surface area contributed by atoms with Crippen LogP contribution in [-0.4, -0.2) is 15.5 Å². The number of rotatable bonds is 5. The van der Waals surface area contributed by atoms with Crippen molar-refractivity contribution in [3.8, 4) is 11.3 Å². The number of hydrogen-bond donors (Lipinski definition) is 1. The Morgan fingerprint density at radius 2 is 1.96 bits per heavy atom. The molecule has 0 fully saturated rings. The Hall–Kier alpha value is -2.51. The average Bonchev–Trinajstić information content (AvgIpc) is 3.04. The van der Waals surface area contributed by atoms with E-state index in [4.69, 9.17) is 0 Å². The second-order valence-electron chi connectivity index (χ2n) is 5.46. The second kappa shape index (κ2) is 9.26. The number of amides is 1. The SMILES string of the molecule is Br.C=CCn1c(-c2ccc(C)cc2)cs/c1=N\NC(=O)c1ccncc1. The van der Waals surface area contributed by atoms with Gasteiger partial charge >= 0.3 is 0 Å². The number of carbonyl (C=O) groups is 1. The fourth-order valence-electron chi connectivity index (χ4n) is 2.35. The summed E-state index contributed by atoms with van der Waals surface area (Å²) < 4.78 is 2.02. The van der Waals surface area contributed by atoms with Gasteiger partial charge in [-0.15, -0.1) is 40.0 Å². The number of aryl methyl sites for hydroxylation is 1. The highest BCUT2D eigenvalue weighted by Gasteiger charge is 2.08. The molecule has 0 saturated carbocycles. The van der Waals surface area contributed by atoms with Gasteiger partial charge in [0, 0.05) is 29.9 Å². The van der Waals surface area contributed by atoms with Crippen LogP contribution in [0.25, 0.3) is 11.3 Å². The standard InChI is InChI=1S/C19H18N4OS.BrH/c1-3-12-23-17(15-6-4-14(2)5-7-15)13-25-19(23)22-21-18(24)16-8-10-20-11-9-16;/h3-11,13H,1,12H2,2H3,(H,21,24);1H/b22-19-;. The number of allylic oxidation sites excluding steroid dienone is 1. The topological polar surface area (TPSA) is 59.3 Å². The third-order valence-electron chi connectivity index (χ3n) is 3.65. The van der Waals surface area contributed by atoms with Crippen LogP contribution in [0.2, 0.25) is 0 Å². The zero-order valence-electron chi connectivity index (χ0n) is 14.3. The van der Waals surface area contributed by atoms with Crippen LogP contribution in [0.1, 0.15) is 15.9 Å². The van der Waals surface area contributed by atoms with E-state index in [1.165, 1.54) is 16.9 Å². The van der Waals surface area contributed by atoms with E-state index in [0.29, 0.717) is 16.9 Å². The minimum Gasteiger partial charge on any atom is -0.311 e. The number of carbonyl (C=O) groups excluding carboxylic acids is 1. The van der Waals surface area contributed by atoms with E-state index in [2.05, 4.69) is 53.3 Å². The molecule has 1 amide bonds. The van der Waals surface area contributed by atoms with Gasteiger partial charge in [-0.2, -0.15) is 0 Å². The first-order valence-corrected chi connectivity index (χ1v) is 8.67. The molecule has 0 atom stereocenters. The predicted molar refractivity (Wildman–Crippen MR) is 110 cm³/mol. The molecule has 0 aliphatic heterocycles.